The van der Waals surface area contributed by atoms with Crippen LogP contribution in [0.2, 0.25) is 0 Å². The number of ether oxygens (including phenoxy) is 1. The van der Waals surface area contributed by atoms with Crippen LogP contribution in [-0.4, -0.2) is 25.7 Å². The molecule has 1 N–H and O–H groups in total. The Hall–Kier alpha value is -1.35. The van der Waals surface area contributed by atoms with Crippen molar-refractivity contribution in [2.24, 2.45) is 0 Å². The molecular weight excluding hydrogens is 214 g/mol. The molecule has 1 aromatic rings. The SMILES string of the molecule is COC[C@@H](C)NC(=O)CCc1ccc(C)cc1. The standard InChI is InChI=1S/C14H21NO2/c1-11-4-6-13(7-5-11)8-9-14(16)15-12(2)10-17-3/h4-7,12H,8-10H2,1-3H3,(H,15,16)/t12-/m1/s1. The number of benzene rings is 1. The molecule has 0 aliphatic rings. The summed E-state index contributed by atoms with van der Waals surface area (Å²) in [5, 5.41) is 2.90. The number of amides is 1. The molecule has 0 fully saturated rings. The van der Waals surface area contributed by atoms with Crippen LogP contribution in [-0.2, 0) is 16.0 Å². The molecule has 0 bridgehead atoms. The molecule has 0 saturated heterocycles. The lowest BCUT2D eigenvalue weighted by molar-refractivity contribution is -0.122. The van der Waals surface area contributed by atoms with Gasteiger partial charge >= 0.3 is 0 Å². The predicted molar refractivity (Wildman–Crippen MR) is 69.0 cm³/mol. The van der Waals surface area contributed by atoms with Gasteiger partial charge in [-0.15, -0.1) is 0 Å². The molecule has 1 rings (SSSR count). The third-order valence-electron chi connectivity index (χ3n) is 2.59. The van der Waals surface area contributed by atoms with Crippen LogP contribution in [0.5, 0.6) is 0 Å². The van der Waals surface area contributed by atoms with E-state index < -0.39 is 0 Å². The molecule has 0 aliphatic carbocycles. The van der Waals surface area contributed by atoms with Crippen molar-refractivity contribution in [3.8, 4) is 0 Å². The third-order valence-corrected chi connectivity index (χ3v) is 2.59. The lowest BCUT2D eigenvalue weighted by atomic mass is 10.1. The van der Waals surface area contributed by atoms with Gasteiger partial charge in [0.05, 0.1) is 6.61 Å². The fraction of sp³-hybridized carbons (Fsp3) is 0.500. The van der Waals surface area contributed by atoms with Gasteiger partial charge in [0, 0.05) is 19.6 Å². The van der Waals surface area contributed by atoms with Crippen LogP contribution in [0, 0.1) is 6.92 Å². The quantitative estimate of drug-likeness (QED) is 0.820. The molecule has 0 radical (unpaired) electrons. The van der Waals surface area contributed by atoms with Gasteiger partial charge in [0.15, 0.2) is 0 Å². The summed E-state index contributed by atoms with van der Waals surface area (Å²) < 4.78 is 4.97. The zero-order chi connectivity index (χ0) is 12.7. The van der Waals surface area contributed by atoms with Gasteiger partial charge < -0.3 is 10.1 Å². The van der Waals surface area contributed by atoms with Crippen molar-refractivity contribution in [1.82, 2.24) is 5.32 Å². The summed E-state index contributed by atoms with van der Waals surface area (Å²) in [7, 11) is 1.63. The summed E-state index contributed by atoms with van der Waals surface area (Å²) in [6.07, 6.45) is 1.31. The maximum absolute atomic E-state index is 11.6. The number of carbonyl (C=O) groups excluding carboxylic acids is 1. The highest BCUT2D eigenvalue weighted by atomic mass is 16.5. The average Bonchev–Trinajstić information content (AvgIpc) is 2.28. The van der Waals surface area contributed by atoms with Crippen LogP contribution in [0.25, 0.3) is 0 Å². The van der Waals surface area contributed by atoms with Gasteiger partial charge in [-0.25, -0.2) is 0 Å². The second-order valence-electron chi connectivity index (χ2n) is 4.41. The summed E-state index contributed by atoms with van der Waals surface area (Å²) in [4.78, 5) is 11.6. The summed E-state index contributed by atoms with van der Waals surface area (Å²) in [5.74, 6) is 0.0788. The Bertz CT molecular complexity index is 346. The highest BCUT2D eigenvalue weighted by Crippen LogP contribution is 2.05. The Balaban J connectivity index is 2.30. The smallest absolute Gasteiger partial charge is 0.220 e. The third kappa shape index (κ3) is 5.50. The largest absolute Gasteiger partial charge is 0.383 e. The van der Waals surface area contributed by atoms with E-state index in [9.17, 15) is 4.79 Å². The monoisotopic (exact) mass is 235 g/mol. The minimum absolute atomic E-state index is 0.0746. The molecule has 0 heterocycles. The number of hydrogen-bond acceptors (Lipinski definition) is 2. The molecule has 1 atom stereocenters. The molecular formula is C14H21NO2. The summed E-state index contributed by atoms with van der Waals surface area (Å²) in [6.45, 7) is 4.55. The van der Waals surface area contributed by atoms with E-state index in [0.717, 1.165) is 6.42 Å². The Morgan fingerprint density at radius 3 is 2.59 bits per heavy atom. The summed E-state index contributed by atoms with van der Waals surface area (Å²) >= 11 is 0. The first kappa shape index (κ1) is 13.7. The van der Waals surface area contributed by atoms with Gasteiger partial charge in [0.1, 0.15) is 0 Å². The van der Waals surface area contributed by atoms with Gasteiger partial charge in [-0.3, -0.25) is 4.79 Å². The van der Waals surface area contributed by atoms with Gasteiger partial charge in [-0.1, -0.05) is 29.8 Å². The highest BCUT2D eigenvalue weighted by molar-refractivity contribution is 5.76. The summed E-state index contributed by atoms with van der Waals surface area (Å²) in [6, 6.07) is 8.36. The Morgan fingerprint density at radius 1 is 1.35 bits per heavy atom. The number of rotatable bonds is 6. The number of aryl methyl sites for hydroxylation is 2. The fourth-order valence-corrected chi connectivity index (χ4v) is 1.65. The van der Waals surface area contributed by atoms with E-state index in [1.807, 2.05) is 6.92 Å². The maximum Gasteiger partial charge on any atom is 0.220 e. The van der Waals surface area contributed by atoms with Crippen molar-refractivity contribution < 1.29 is 9.53 Å². The molecule has 17 heavy (non-hydrogen) atoms. The second-order valence-corrected chi connectivity index (χ2v) is 4.41. The van der Waals surface area contributed by atoms with E-state index in [1.165, 1.54) is 11.1 Å². The van der Waals surface area contributed by atoms with Gasteiger partial charge in [-0.05, 0) is 25.8 Å². The van der Waals surface area contributed by atoms with Crippen molar-refractivity contribution in [2.75, 3.05) is 13.7 Å². The van der Waals surface area contributed by atoms with Crippen LogP contribution in [0.4, 0.5) is 0 Å². The lowest BCUT2D eigenvalue weighted by Gasteiger charge is -2.12. The van der Waals surface area contributed by atoms with E-state index in [-0.39, 0.29) is 11.9 Å². The molecule has 3 heteroatoms. The second kappa shape index (κ2) is 7.07. The van der Waals surface area contributed by atoms with Gasteiger partial charge in [0.2, 0.25) is 5.91 Å². The number of nitrogens with one attached hydrogen (secondary N) is 1. The van der Waals surface area contributed by atoms with E-state index in [1.54, 1.807) is 7.11 Å². The Kier molecular flexibility index (Phi) is 5.70. The molecule has 0 unspecified atom stereocenters. The molecule has 0 aromatic heterocycles. The van der Waals surface area contributed by atoms with E-state index in [2.05, 4.69) is 36.5 Å². The predicted octanol–water partition coefficient (Wildman–Crippen LogP) is 2.08. The minimum atomic E-state index is 0.0746. The molecule has 3 nitrogen and oxygen atoms in total. The van der Waals surface area contributed by atoms with Crippen molar-refractivity contribution >= 4 is 5.91 Å². The zero-order valence-corrected chi connectivity index (χ0v) is 10.8. The molecule has 94 valence electrons. The average molecular weight is 235 g/mol. The number of methoxy groups -OCH3 is 1. The normalized spacial score (nSPS) is 12.2. The molecule has 0 aliphatic heterocycles. The van der Waals surface area contributed by atoms with Crippen LogP contribution >= 0.6 is 0 Å². The summed E-state index contributed by atoms with van der Waals surface area (Å²) in [5.41, 5.74) is 2.44. The minimum Gasteiger partial charge on any atom is -0.383 e. The Labute approximate surface area is 103 Å². The van der Waals surface area contributed by atoms with Crippen LogP contribution in [0.1, 0.15) is 24.5 Å². The van der Waals surface area contributed by atoms with E-state index in [4.69, 9.17) is 4.74 Å². The van der Waals surface area contributed by atoms with Crippen LogP contribution in [0.15, 0.2) is 24.3 Å². The van der Waals surface area contributed by atoms with Gasteiger partial charge in [-0.2, -0.15) is 0 Å². The van der Waals surface area contributed by atoms with Crippen molar-refractivity contribution in [1.29, 1.82) is 0 Å². The zero-order valence-electron chi connectivity index (χ0n) is 10.8. The van der Waals surface area contributed by atoms with Crippen LogP contribution in [0.3, 0.4) is 0 Å². The molecule has 1 amide bonds. The van der Waals surface area contributed by atoms with Crippen molar-refractivity contribution in [3.05, 3.63) is 35.4 Å². The molecule has 0 spiro atoms. The van der Waals surface area contributed by atoms with Crippen LogP contribution < -0.4 is 5.32 Å². The topological polar surface area (TPSA) is 38.3 Å². The van der Waals surface area contributed by atoms with E-state index in [0.29, 0.717) is 13.0 Å². The van der Waals surface area contributed by atoms with Crippen molar-refractivity contribution in [3.63, 3.8) is 0 Å². The fourth-order valence-electron chi connectivity index (χ4n) is 1.65. The maximum atomic E-state index is 11.6. The number of hydrogen-bond donors (Lipinski definition) is 1. The van der Waals surface area contributed by atoms with Crippen molar-refractivity contribution in [2.45, 2.75) is 32.7 Å². The first-order chi connectivity index (χ1) is 8.11. The molecule has 0 saturated carbocycles. The first-order valence-corrected chi connectivity index (χ1v) is 5.95. The van der Waals surface area contributed by atoms with E-state index >= 15 is 0 Å². The highest BCUT2D eigenvalue weighted by Gasteiger charge is 2.06. The Morgan fingerprint density at radius 2 is 2.00 bits per heavy atom. The van der Waals surface area contributed by atoms with Gasteiger partial charge in [0.25, 0.3) is 0 Å². The first-order valence-electron chi connectivity index (χ1n) is 5.95. The molecule has 1 aromatic carbocycles. The number of carbonyl (C=O) groups is 1. The lowest BCUT2D eigenvalue weighted by Crippen LogP contribution is -2.35.